The fourth-order valence-electron chi connectivity index (χ4n) is 2.84. The van der Waals surface area contributed by atoms with E-state index < -0.39 is 6.10 Å². The van der Waals surface area contributed by atoms with Gasteiger partial charge in [0.1, 0.15) is 12.7 Å². The third kappa shape index (κ3) is 4.49. The van der Waals surface area contributed by atoms with Gasteiger partial charge in [0, 0.05) is 12.6 Å². The van der Waals surface area contributed by atoms with Gasteiger partial charge in [-0.1, -0.05) is 49.5 Å². The summed E-state index contributed by atoms with van der Waals surface area (Å²) in [5.41, 5.74) is 0.298. The average molecular weight is 332 g/mol. The Morgan fingerprint density at radius 2 is 2.05 bits per heavy atom. The van der Waals surface area contributed by atoms with Crippen LogP contribution in [0.2, 0.25) is 10.0 Å². The van der Waals surface area contributed by atoms with Gasteiger partial charge in [-0.3, -0.25) is 0 Å². The van der Waals surface area contributed by atoms with Crippen LogP contribution in [0.3, 0.4) is 0 Å². The Labute approximate surface area is 136 Å². The Kier molecular flexibility index (Phi) is 5.78. The number of hydrogen-bond acceptors (Lipinski definition) is 3. The van der Waals surface area contributed by atoms with Crippen LogP contribution < -0.4 is 10.1 Å². The van der Waals surface area contributed by atoms with Gasteiger partial charge in [0.2, 0.25) is 0 Å². The summed E-state index contributed by atoms with van der Waals surface area (Å²) < 4.78 is 5.54. The average Bonchev–Trinajstić information content (AvgIpc) is 2.75. The molecule has 1 fully saturated rings. The van der Waals surface area contributed by atoms with Crippen LogP contribution in [-0.4, -0.2) is 30.4 Å². The Bertz CT molecular complexity index is 459. The number of aliphatic hydroxyl groups is 1. The van der Waals surface area contributed by atoms with E-state index in [0.29, 0.717) is 33.8 Å². The Morgan fingerprint density at radius 3 is 2.62 bits per heavy atom. The molecule has 0 heterocycles. The minimum Gasteiger partial charge on any atom is -0.488 e. The van der Waals surface area contributed by atoms with E-state index >= 15 is 0 Å². The van der Waals surface area contributed by atoms with Gasteiger partial charge < -0.3 is 15.2 Å². The molecule has 0 radical (unpaired) electrons. The molecule has 1 aromatic carbocycles. The fourth-order valence-corrected chi connectivity index (χ4v) is 3.35. The van der Waals surface area contributed by atoms with Crippen molar-refractivity contribution in [2.24, 2.45) is 5.41 Å². The highest BCUT2D eigenvalue weighted by molar-refractivity contribution is 6.37. The van der Waals surface area contributed by atoms with Crippen LogP contribution >= 0.6 is 23.2 Å². The second-order valence-corrected chi connectivity index (χ2v) is 7.17. The number of hydrogen-bond donors (Lipinski definition) is 2. The molecule has 1 aliphatic carbocycles. The molecule has 0 bridgehead atoms. The van der Waals surface area contributed by atoms with E-state index in [-0.39, 0.29) is 6.61 Å². The lowest BCUT2D eigenvalue weighted by Gasteiger charge is -2.29. The summed E-state index contributed by atoms with van der Waals surface area (Å²) >= 11 is 12.0. The van der Waals surface area contributed by atoms with Gasteiger partial charge in [0.25, 0.3) is 0 Å². The second kappa shape index (κ2) is 7.19. The lowest BCUT2D eigenvalue weighted by atomic mass is 9.87. The van der Waals surface area contributed by atoms with E-state index in [1.54, 1.807) is 18.2 Å². The predicted octanol–water partition coefficient (Wildman–Crippen LogP) is 3.90. The van der Waals surface area contributed by atoms with E-state index in [9.17, 15) is 5.11 Å². The minimum atomic E-state index is -0.589. The van der Waals surface area contributed by atoms with Crippen molar-refractivity contribution in [1.29, 1.82) is 0 Å². The molecule has 1 aliphatic rings. The number of aliphatic hydroxyl groups excluding tert-OH is 1. The summed E-state index contributed by atoms with van der Waals surface area (Å²) in [4.78, 5) is 0. The van der Waals surface area contributed by atoms with Gasteiger partial charge in [-0.25, -0.2) is 0 Å². The highest BCUT2D eigenvalue weighted by Crippen LogP contribution is 2.37. The molecule has 118 valence electrons. The Hall–Kier alpha value is -0.480. The van der Waals surface area contributed by atoms with Crippen LogP contribution in [0.1, 0.15) is 33.1 Å². The van der Waals surface area contributed by atoms with Crippen molar-refractivity contribution in [3.8, 4) is 5.75 Å². The quantitative estimate of drug-likeness (QED) is 0.830. The maximum absolute atomic E-state index is 10.0. The van der Waals surface area contributed by atoms with Gasteiger partial charge in [-0.05, 0) is 30.4 Å². The number of para-hydroxylation sites is 1. The molecule has 0 aromatic heterocycles. The highest BCUT2D eigenvalue weighted by Gasteiger charge is 2.34. The molecule has 2 atom stereocenters. The lowest BCUT2D eigenvalue weighted by Crippen LogP contribution is -2.43. The summed E-state index contributed by atoms with van der Waals surface area (Å²) in [6.45, 7) is 5.22. The fraction of sp³-hybridized carbons (Fsp3) is 0.625. The van der Waals surface area contributed by atoms with E-state index in [4.69, 9.17) is 27.9 Å². The number of halogens is 2. The number of ether oxygens (including phenoxy) is 1. The standard InChI is InChI=1S/C16H23Cl2NO2/c1-16(2)8-4-7-14(16)19-9-11(20)10-21-15-12(17)5-3-6-13(15)18/h3,5-6,11,14,19-20H,4,7-10H2,1-2H3. The smallest absolute Gasteiger partial charge is 0.156 e. The van der Waals surface area contributed by atoms with Crippen molar-refractivity contribution < 1.29 is 9.84 Å². The molecule has 0 amide bonds. The first-order chi connectivity index (χ1) is 9.90. The SMILES string of the molecule is CC1(C)CCCC1NCC(O)COc1c(Cl)cccc1Cl. The molecule has 0 spiro atoms. The molecule has 0 saturated heterocycles. The van der Waals surface area contributed by atoms with Gasteiger partial charge in [0.05, 0.1) is 10.0 Å². The maximum atomic E-state index is 10.0. The van der Waals surface area contributed by atoms with Gasteiger partial charge in [-0.15, -0.1) is 0 Å². The molecule has 1 aromatic rings. The number of benzene rings is 1. The van der Waals surface area contributed by atoms with Crippen LogP contribution in [0.5, 0.6) is 5.75 Å². The molecule has 21 heavy (non-hydrogen) atoms. The van der Waals surface area contributed by atoms with E-state index in [0.717, 1.165) is 6.42 Å². The molecule has 3 nitrogen and oxygen atoms in total. The van der Waals surface area contributed by atoms with E-state index in [1.165, 1.54) is 12.8 Å². The second-order valence-electron chi connectivity index (χ2n) is 6.36. The van der Waals surface area contributed by atoms with Crippen molar-refractivity contribution in [2.75, 3.05) is 13.2 Å². The zero-order valence-corrected chi connectivity index (χ0v) is 14.0. The van der Waals surface area contributed by atoms with Gasteiger partial charge in [0.15, 0.2) is 5.75 Å². The Balaban J connectivity index is 1.79. The summed E-state index contributed by atoms with van der Waals surface area (Å²) in [7, 11) is 0. The minimum absolute atomic E-state index is 0.170. The summed E-state index contributed by atoms with van der Waals surface area (Å²) in [5, 5.41) is 14.4. The monoisotopic (exact) mass is 331 g/mol. The first kappa shape index (κ1) is 16.9. The van der Waals surface area contributed by atoms with Crippen LogP contribution in [0.15, 0.2) is 18.2 Å². The maximum Gasteiger partial charge on any atom is 0.156 e. The molecular weight excluding hydrogens is 309 g/mol. The van der Waals surface area contributed by atoms with Crippen molar-refractivity contribution in [3.05, 3.63) is 28.2 Å². The summed E-state index contributed by atoms with van der Waals surface area (Å²) in [5.74, 6) is 0.432. The zero-order valence-electron chi connectivity index (χ0n) is 12.5. The summed E-state index contributed by atoms with van der Waals surface area (Å²) in [6, 6.07) is 5.65. The highest BCUT2D eigenvalue weighted by atomic mass is 35.5. The first-order valence-electron chi connectivity index (χ1n) is 7.38. The molecule has 1 saturated carbocycles. The normalized spacial score (nSPS) is 22.2. The van der Waals surface area contributed by atoms with Crippen molar-refractivity contribution in [3.63, 3.8) is 0 Å². The van der Waals surface area contributed by atoms with Crippen LogP contribution in [-0.2, 0) is 0 Å². The predicted molar refractivity (Wildman–Crippen MR) is 87.4 cm³/mol. The summed E-state index contributed by atoms with van der Waals surface area (Å²) in [6.07, 6.45) is 3.05. The molecule has 2 unspecified atom stereocenters. The van der Waals surface area contributed by atoms with E-state index in [1.807, 2.05) is 0 Å². The van der Waals surface area contributed by atoms with Gasteiger partial charge >= 0.3 is 0 Å². The molecule has 2 N–H and O–H groups in total. The van der Waals surface area contributed by atoms with Crippen molar-refractivity contribution >= 4 is 23.2 Å². The van der Waals surface area contributed by atoms with Crippen LogP contribution in [0.25, 0.3) is 0 Å². The van der Waals surface area contributed by atoms with Crippen LogP contribution in [0.4, 0.5) is 0 Å². The molecular formula is C16H23Cl2NO2. The van der Waals surface area contributed by atoms with E-state index in [2.05, 4.69) is 19.2 Å². The van der Waals surface area contributed by atoms with Crippen molar-refractivity contribution in [1.82, 2.24) is 5.32 Å². The molecule has 5 heteroatoms. The lowest BCUT2D eigenvalue weighted by molar-refractivity contribution is 0.0987. The third-order valence-corrected chi connectivity index (χ3v) is 4.79. The van der Waals surface area contributed by atoms with Gasteiger partial charge in [-0.2, -0.15) is 0 Å². The Morgan fingerprint density at radius 1 is 1.38 bits per heavy atom. The molecule has 0 aliphatic heterocycles. The van der Waals surface area contributed by atoms with Crippen molar-refractivity contribution in [2.45, 2.75) is 45.3 Å². The zero-order chi connectivity index (χ0) is 15.5. The number of rotatable bonds is 6. The third-order valence-electron chi connectivity index (χ3n) is 4.20. The number of nitrogens with one attached hydrogen (secondary N) is 1. The largest absolute Gasteiger partial charge is 0.488 e. The van der Waals surface area contributed by atoms with Crippen LogP contribution in [0, 0.1) is 5.41 Å². The topological polar surface area (TPSA) is 41.5 Å². The first-order valence-corrected chi connectivity index (χ1v) is 8.14. The molecule has 2 rings (SSSR count).